The predicted molar refractivity (Wildman–Crippen MR) is 68.1 cm³/mol. The molecule has 0 saturated heterocycles. The zero-order valence-corrected chi connectivity index (χ0v) is 9.82. The summed E-state index contributed by atoms with van der Waals surface area (Å²) < 4.78 is 14.1. The number of hydrogen-bond acceptors (Lipinski definition) is 6. The lowest BCUT2D eigenvalue weighted by molar-refractivity contribution is -0.169. The average molecular weight is 266 g/mol. The van der Waals surface area contributed by atoms with Crippen molar-refractivity contribution < 1.29 is 28.9 Å². The van der Waals surface area contributed by atoms with E-state index in [9.17, 15) is 9.59 Å². The molecule has 6 heteroatoms. The molecule has 0 aromatic rings. The lowest BCUT2D eigenvalue weighted by Gasteiger charge is -2.23. The van der Waals surface area contributed by atoms with Crippen LogP contribution >= 0.6 is 0 Å². The summed E-state index contributed by atoms with van der Waals surface area (Å²) in [6.45, 7) is 2.53. The first-order valence-corrected chi connectivity index (χ1v) is 4.92. The number of hydrogen-bond donors (Lipinski definition) is 1. The van der Waals surface area contributed by atoms with E-state index in [1.165, 1.54) is 14.0 Å². The molecule has 0 radical (unpaired) electrons. The molecule has 0 aromatic heterocycles. The first kappa shape index (κ1) is 22.1. The molecule has 110 valence electrons. The van der Waals surface area contributed by atoms with Crippen molar-refractivity contribution in [2.24, 2.45) is 5.41 Å². The summed E-state index contributed by atoms with van der Waals surface area (Å²) in [7, 11) is 1.41. The third-order valence-corrected chi connectivity index (χ3v) is 1.93. The number of ether oxygens (including phenoxy) is 3. The highest BCUT2D eigenvalue weighted by atomic mass is 16.6. The van der Waals surface area contributed by atoms with Crippen molar-refractivity contribution in [2.45, 2.75) is 28.7 Å². The Labute approximate surface area is 109 Å². The minimum atomic E-state index is -1.15. The quantitative estimate of drug-likeness (QED) is 0.692. The van der Waals surface area contributed by atoms with Crippen LogP contribution in [0.4, 0.5) is 0 Å². The number of methoxy groups -OCH3 is 1. The number of carbonyl (C=O) groups is 2. The first-order chi connectivity index (χ1) is 7.50. The molecule has 0 aliphatic carbocycles. The number of aliphatic hydroxyl groups is 1. The Morgan fingerprint density at radius 2 is 1.78 bits per heavy atom. The lowest BCUT2D eigenvalue weighted by Crippen LogP contribution is -2.38. The molecule has 0 fully saturated rings. The van der Waals surface area contributed by atoms with Crippen LogP contribution in [0.5, 0.6) is 0 Å². The highest BCUT2D eigenvalue weighted by Crippen LogP contribution is 2.17. The minimum Gasteiger partial charge on any atom is -0.463 e. The van der Waals surface area contributed by atoms with Gasteiger partial charge in [0.25, 0.3) is 0 Å². The van der Waals surface area contributed by atoms with Gasteiger partial charge < -0.3 is 19.3 Å². The summed E-state index contributed by atoms with van der Waals surface area (Å²) in [5, 5.41) is 9.06. The van der Waals surface area contributed by atoms with Crippen LogP contribution < -0.4 is 0 Å². The number of carbonyl (C=O) groups excluding carboxylic acids is 2. The van der Waals surface area contributed by atoms with Gasteiger partial charge in [0.1, 0.15) is 5.41 Å². The van der Waals surface area contributed by atoms with Gasteiger partial charge in [0.15, 0.2) is 6.61 Å². The maximum absolute atomic E-state index is 11.5. The Hall–Kier alpha value is -1.14. The fourth-order valence-corrected chi connectivity index (χ4v) is 0.989. The van der Waals surface area contributed by atoms with Crippen molar-refractivity contribution in [1.82, 2.24) is 0 Å². The van der Waals surface area contributed by atoms with Gasteiger partial charge in [-0.25, -0.2) is 4.79 Å². The van der Waals surface area contributed by atoms with Gasteiger partial charge in [-0.2, -0.15) is 0 Å². The van der Waals surface area contributed by atoms with Gasteiger partial charge in [0, 0.05) is 7.11 Å². The molecule has 1 atom stereocenters. The molecule has 0 aliphatic rings. The van der Waals surface area contributed by atoms with Gasteiger partial charge in [-0.15, -0.1) is 0 Å². The summed E-state index contributed by atoms with van der Waals surface area (Å²) in [5.41, 5.74) is -1.15. The largest absolute Gasteiger partial charge is 0.463 e. The monoisotopic (exact) mass is 266 g/mol. The molecule has 0 aromatic carbocycles. The zero-order chi connectivity index (χ0) is 12.6. The van der Waals surface area contributed by atoms with Crippen LogP contribution in [0.3, 0.4) is 0 Å². The third kappa shape index (κ3) is 7.24. The van der Waals surface area contributed by atoms with E-state index in [1.54, 1.807) is 6.92 Å². The normalized spacial score (nSPS) is 12.4. The predicted octanol–water partition coefficient (Wildman–Crippen LogP) is 1.01. The van der Waals surface area contributed by atoms with Gasteiger partial charge >= 0.3 is 11.9 Å². The molecular formula is C12H26O6. The molecule has 18 heavy (non-hydrogen) atoms. The molecule has 0 rings (SSSR count). The molecule has 0 aliphatic heterocycles. The van der Waals surface area contributed by atoms with Crippen molar-refractivity contribution in [3.8, 4) is 0 Å². The van der Waals surface area contributed by atoms with E-state index >= 15 is 0 Å². The van der Waals surface area contributed by atoms with Crippen LogP contribution in [-0.2, 0) is 23.8 Å². The van der Waals surface area contributed by atoms with E-state index in [0.717, 1.165) is 0 Å². The Morgan fingerprint density at radius 3 is 2.17 bits per heavy atom. The molecular weight excluding hydrogens is 240 g/mol. The summed E-state index contributed by atoms with van der Waals surface area (Å²) in [6.07, 6.45) is 0. The standard InChI is InChI=1S/C10H18O6.2CH4/c1-4-15-8(12)5-16-9(13)10(2,6-11)7-14-3;;/h11H,4-7H2,1-3H3;2*1H4. The van der Waals surface area contributed by atoms with E-state index in [0.29, 0.717) is 0 Å². The highest BCUT2D eigenvalue weighted by molar-refractivity contribution is 5.80. The van der Waals surface area contributed by atoms with E-state index in [-0.39, 0.29) is 28.1 Å². The topological polar surface area (TPSA) is 82.1 Å². The van der Waals surface area contributed by atoms with Crippen molar-refractivity contribution >= 4 is 11.9 Å². The van der Waals surface area contributed by atoms with E-state index in [2.05, 4.69) is 4.74 Å². The SMILES string of the molecule is C.C.CCOC(=O)COC(=O)C(C)(CO)COC. The zero-order valence-electron chi connectivity index (χ0n) is 9.82. The van der Waals surface area contributed by atoms with Crippen LogP contribution in [0.2, 0.25) is 0 Å². The smallest absolute Gasteiger partial charge is 0.344 e. The van der Waals surface area contributed by atoms with Gasteiger partial charge in [-0.1, -0.05) is 14.9 Å². The molecule has 0 saturated carbocycles. The average Bonchev–Trinajstić information content (AvgIpc) is 2.26. The van der Waals surface area contributed by atoms with Crippen LogP contribution in [0.1, 0.15) is 28.7 Å². The van der Waals surface area contributed by atoms with Crippen LogP contribution in [0.25, 0.3) is 0 Å². The van der Waals surface area contributed by atoms with Gasteiger partial charge in [-0.05, 0) is 13.8 Å². The summed E-state index contributed by atoms with van der Waals surface area (Å²) in [6, 6.07) is 0. The third-order valence-electron chi connectivity index (χ3n) is 1.93. The molecule has 0 bridgehead atoms. The first-order valence-electron chi connectivity index (χ1n) is 4.92. The fraction of sp³-hybridized carbons (Fsp3) is 0.833. The molecule has 0 spiro atoms. The molecule has 1 unspecified atom stereocenters. The molecule has 0 heterocycles. The second-order valence-electron chi connectivity index (χ2n) is 3.53. The minimum absolute atomic E-state index is 0. The summed E-state index contributed by atoms with van der Waals surface area (Å²) in [5.74, 6) is -1.31. The van der Waals surface area contributed by atoms with Crippen molar-refractivity contribution in [3.05, 3.63) is 0 Å². The molecule has 6 nitrogen and oxygen atoms in total. The maximum Gasteiger partial charge on any atom is 0.344 e. The van der Waals surface area contributed by atoms with E-state index in [4.69, 9.17) is 14.6 Å². The van der Waals surface area contributed by atoms with Crippen LogP contribution in [0, 0.1) is 5.41 Å². The Bertz CT molecular complexity index is 241. The number of aliphatic hydroxyl groups excluding tert-OH is 1. The van der Waals surface area contributed by atoms with Crippen molar-refractivity contribution in [1.29, 1.82) is 0 Å². The molecule has 0 amide bonds. The Kier molecular flexibility index (Phi) is 13.5. The van der Waals surface area contributed by atoms with E-state index in [1.807, 2.05) is 0 Å². The summed E-state index contributed by atoms with van der Waals surface area (Å²) >= 11 is 0. The number of rotatable bonds is 7. The molecule has 1 N–H and O–H groups in total. The van der Waals surface area contributed by atoms with E-state index < -0.39 is 30.6 Å². The van der Waals surface area contributed by atoms with Gasteiger partial charge in [0.2, 0.25) is 0 Å². The van der Waals surface area contributed by atoms with Gasteiger partial charge in [-0.3, -0.25) is 4.79 Å². The van der Waals surface area contributed by atoms with Crippen molar-refractivity contribution in [2.75, 3.05) is 33.5 Å². The number of esters is 2. The van der Waals surface area contributed by atoms with Crippen LogP contribution in [0.15, 0.2) is 0 Å². The fourth-order valence-electron chi connectivity index (χ4n) is 0.989. The van der Waals surface area contributed by atoms with Crippen molar-refractivity contribution in [3.63, 3.8) is 0 Å². The Balaban J connectivity index is -0.00000112. The lowest BCUT2D eigenvalue weighted by atomic mass is 9.93. The highest BCUT2D eigenvalue weighted by Gasteiger charge is 2.34. The second kappa shape index (κ2) is 11.0. The maximum atomic E-state index is 11.5. The van der Waals surface area contributed by atoms with Crippen LogP contribution in [-0.4, -0.2) is 50.6 Å². The Morgan fingerprint density at radius 1 is 1.22 bits per heavy atom. The summed E-state index contributed by atoms with van der Waals surface area (Å²) in [4.78, 5) is 22.5. The second-order valence-corrected chi connectivity index (χ2v) is 3.53. The van der Waals surface area contributed by atoms with Gasteiger partial charge in [0.05, 0.1) is 19.8 Å².